The highest BCUT2D eigenvalue weighted by molar-refractivity contribution is 9.28. The van der Waals surface area contributed by atoms with E-state index in [9.17, 15) is 45.8 Å². The van der Waals surface area contributed by atoms with Crippen molar-refractivity contribution in [3.05, 3.63) is 183 Å². The molecule has 6 aromatic carbocycles. The number of methoxy groups -OCH3 is 4. The maximum Gasteiger partial charge on any atom is 0.414 e. The largest absolute Gasteiger partial charge is 0.497 e. The molecule has 6 aromatic rings. The van der Waals surface area contributed by atoms with Gasteiger partial charge in [-0.3, -0.25) is 0 Å². The molecular weight excluding hydrogens is 1760 g/mol. The lowest BCUT2D eigenvalue weighted by Crippen LogP contribution is -2.68. The van der Waals surface area contributed by atoms with Gasteiger partial charge in [0.1, 0.15) is 58.5 Å². The fourth-order valence-electron chi connectivity index (χ4n) is 13.9. The van der Waals surface area contributed by atoms with Crippen LogP contribution < -0.4 is 39.7 Å². The third-order valence-electron chi connectivity index (χ3n) is 19.7. The first-order valence-corrected chi connectivity index (χ1v) is 52.6. The van der Waals surface area contributed by atoms with Crippen LogP contribution in [0.15, 0.2) is 161 Å². The molecule has 2 fully saturated rings. The lowest BCUT2D eigenvalue weighted by Gasteiger charge is -2.45. The van der Waals surface area contributed by atoms with Gasteiger partial charge in [-0.2, -0.15) is 26.3 Å². The Hall–Kier alpha value is -6.78. The Kier molecular flexibility index (Phi) is 38.4. The van der Waals surface area contributed by atoms with Gasteiger partial charge in [-0.25, -0.2) is 9.59 Å². The molecule has 0 aromatic heterocycles. The van der Waals surface area contributed by atoms with Crippen molar-refractivity contribution in [3.8, 4) is 34.8 Å². The van der Waals surface area contributed by atoms with Crippen molar-refractivity contribution >= 4 is 110 Å². The second-order valence-electron chi connectivity index (χ2n) is 34.5. The number of ether oxygens (including phenoxy) is 12. The Bertz CT molecular complexity index is 4250. The minimum absolute atomic E-state index is 0.00879. The van der Waals surface area contributed by atoms with Crippen LogP contribution in [0.5, 0.6) is 23.0 Å². The van der Waals surface area contributed by atoms with Crippen LogP contribution in [-0.4, -0.2) is 178 Å². The first kappa shape index (κ1) is 102. The fourth-order valence-corrected chi connectivity index (χ4v) is 25.1. The number of alkyl halides is 6. The smallest absolute Gasteiger partial charge is 0.414 e. The number of benzene rings is 6. The summed E-state index contributed by atoms with van der Waals surface area (Å²) in [5.74, 6) is 3.85. The van der Waals surface area contributed by atoms with E-state index < -0.39 is 122 Å². The maximum absolute atomic E-state index is 14.9. The van der Waals surface area contributed by atoms with Crippen LogP contribution in [0, 0.1) is 11.8 Å². The van der Waals surface area contributed by atoms with E-state index in [0.29, 0.717) is 68.0 Å². The predicted octanol–water partition coefficient (Wildman–Crippen LogP) is 19.1. The van der Waals surface area contributed by atoms with Gasteiger partial charge in [-0.05, 0) is 151 Å². The van der Waals surface area contributed by atoms with Crippen LogP contribution >= 0.6 is 31.9 Å². The van der Waals surface area contributed by atoms with Crippen molar-refractivity contribution in [3.63, 3.8) is 0 Å². The number of esters is 2. The van der Waals surface area contributed by atoms with Gasteiger partial charge in [-0.15, -0.1) is 0 Å². The van der Waals surface area contributed by atoms with E-state index in [-0.39, 0.29) is 50.5 Å². The van der Waals surface area contributed by atoms with Crippen molar-refractivity contribution in [1.82, 2.24) is 0 Å². The molecule has 2 aliphatic heterocycles. The minimum atomic E-state index is -4.76. The van der Waals surface area contributed by atoms with Crippen molar-refractivity contribution in [2.24, 2.45) is 0 Å². The number of rotatable bonds is 36. The van der Waals surface area contributed by atoms with Gasteiger partial charge in [0.25, 0.3) is 16.6 Å². The molecule has 2 aliphatic rings. The summed E-state index contributed by atoms with van der Waals surface area (Å²) in [5, 5.41) is 13.2. The molecule has 0 spiro atoms. The fraction of sp³-hybridized carbons (Fsp3) is 0.500. The van der Waals surface area contributed by atoms with Gasteiger partial charge in [0, 0.05) is 55.3 Å². The molecule has 2 heterocycles. The normalized spacial score (nSPS) is 17.6. The number of aryl methyl sites for hydroxylation is 1. The SMILES string of the molecule is CC(C)(C)[Si](O[C@H](CC=C(Br)Br)C(F)(F)F)(c1ccccc1)c1ccccc1.COCOc1cc(OC)cc(/C=C/C[C@@H]2OC(C)(C)O[C@@H]2C(O)C#CC[C@@H](O[Si](c2ccccc2)(c2ccccc2)C(C)(C)C)C(F)(F)F)c1C(=O)OCC[Si](C)(C)C.COCOc1cc(OC)cc(CCC[C@@H]2OC(C)(C)O[C@@H]2C=O)c1C(=O)OCC[Si](C)(C)C. The lowest BCUT2D eigenvalue weighted by molar-refractivity contribution is -0.196. The Morgan fingerprint density at radius 1 is 0.575 bits per heavy atom. The summed E-state index contributed by atoms with van der Waals surface area (Å²) in [6, 6.07) is 45.2. The molecule has 1 unspecified atom stereocenters. The average molecular weight is 1880 g/mol. The topological polar surface area (TPSA) is 201 Å². The van der Waals surface area contributed by atoms with E-state index in [1.165, 1.54) is 27.4 Å². The zero-order chi connectivity index (χ0) is 89.3. The quantitative estimate of drug-likeness (QED) is 0.00971. The summed E-state index contributed by atoms with van der Waals surface area (Å²) in [7, 11) is -3.67. The van der Waals surface area contributed by atoms with E-state index in [1.807, 2.05) is 145 Å². The van der Waals surface area contributed by atoms with Crippen LogP contribution in [0.25, 0.3) is 6.08 Å². The molecule has 0 radical (unpaired) electrons. The summed E-state index contributed by atoms with van der Waals surface area (Å²) >= 11 is 6.29. The van der Waals surface area contributed by atoms with Crippen LogP contribution in [0.2, 0.25) is 61.4 Å². The van der Waals surface area contributed by atoms with Crippen LogP contribution in [0.3, 0.4) is 0 Å². The number of aliphatic hydroxyl groups excluding tert-OH is 1. The van der Waals surface area contributed by atoms with Gasteiger partial charge < -0.3 is 75.6 Å². The van der Waals surface area contributed by atoms with Crippen LogP contribution in [0.4, 0.5) is 26.3 Å². The highest BCUT2D eigenvalue weighted by atomic mass is 79.9. The second-order valence-corrected chi connectivity index (χ2v) is 57.0. The van der Waals surface area contributed by atoms with Crippen molar-refractivity contribution < 1.29 is 112 Å². The Labute approximate surface area is 725 Å². The third-order valence-corrected chi connectivity index (χ3v) is 33.8. The highest BCUT2D eigenvalue weighted by Gasteiger charge is 2.57. The monoisotopic (exact) mass is 1870 g/mol. The summed E-state index contributed by atoms with van der Waals surface area (Å²) in [4.78, 5) is 37.9. The van der Waals surface area contributed by atoms with Crippen molar-refractivity contribution in [1.29, 1.82) is 0 Å². The average Bonchev–Trinajstić information content (AvgIpc) is 1.23. The number of hydrogen-bond donors (Lipinski definition) is 1. The van der Waals surface area contributed by atoms with E-state index in [4.69, 9.17) is 65.7 Å². The Morgan fingerprint density at radius 3 is 1.40 bits per heavy atom. The van der Waals surface area contributed by atoms with E-state index in [0.717, 1.165) is 34.3 Å². The predicted molar refractivity (Wildman–Crippen MR) is 474 cm³/mol. The molecule has 660 valence electrons. The molecule has 7 atom stereocenters. The van der Waals surface area contributed by atoms with Crippen LogP contribution in [-0.2, 0) is 58.0 Å². The number of hydrogen-bond acceptors (Lipinski definition) is 18. The molecular formula is C90H120Br2F6O18Si4. The molecule has 120 heavy (non-hydrogen) atoms. The van der Waals surface area contributed by atoms with Crippen LogP contribution in [0.1, 0.15) is 133 Å². The number of halogens is 8. The number of carbonyl (C=O) groups excluding carboxylic acids is 3. The first-order chi connectivity index (χ1) is 56.1. The molecule has 1 N–H and O–H groups in total. The molecule has 30 heteroatoms. The highest BCUT2D eigenvalue weighted by Crippen LogP contribution is 2.44. The summed E-state index contributed by atoms with van der Waals surface area (Å²) in [6.45, 7) is 32.3. The van der Waals surface area contributed by atoms with Crippen molar-refractivity contribution in [2.75, 3.05) is 55.2 Å². The minimum Gasteiger partial charge on any atom is -0.497 e. The van der Waals surface area contributed by atoms with Gasteiger partial charge in [0.05, 0.1) is 43.0 Å². The number of carbonyl (C=O) groups is 3. The molecule has 0 amide bonds. The molecule has 2 saturated heterocycles. The van der Waals surface area contributed by atoms with E-state index in [1.54, 1.807) is 89.4 Å². The molecule has 18 nitrogen and oxygen atoms in total. The first-order valence-electron chi connectivity index (χ1n) is 39.8. The molecule has 0 bridgehead atoms. The maximum atomic E-state index is 14.9. The van der Waals surface area contributed by atoms with E-state index >= 15 is 0 Å². The van der Waals surface area contributed by atoms with Gasteiger partial charge in [-0.1, -0.05) is 232 Å². The summed E-state index contributed by atoms with van der Waals surface area (Å²) < 4.78 is 167. The number of aliphatic hydroxyl groups is 1. The Balaban J connectivity index is 0.000000308. The summed E-state index contributed by atoms with van der Waals surface area (Å²) in [5.41, 5.74) is 1.75. The van der Waals surface area contributed by atoms with Gasteiger partial charge in [0.15, 0.2) is 37.6 Å². The second kappa shape index (κ2) is 45.2. The molecule has 8 rings (SSSR count). The molecule has 0 aliphatic carbocycles. The molecule has 0 saturated carbocycles. The number of aldehydes is 1. The van der Waals surface area contributed by atoms with Crippen molar-refractivity contribution in [2.45, 2.75) is 236 Å². The lowest BCUT2D eigenvalue weighted by atomic mass is 9.98. The van der Waals surface area contributed by atoms with E-state index in [2.05, 4.69) is 83.0 Å². The zero-order valence-electron chi connectivity index (χ0n) is 72.6. The third kappa shape index (κ3) is 30.0. The summed E-state index contributed by atoms with van der Waals surface area (Å²) in [6.07, 6.45) is -10.9. The Morgan fingerprint density at radius 2 is 0.992 bits per heavy atom. The van der Waals surface area contributed by atoms with Gasteiger partial charge >= 0.3 is 24.3 Å². The van der Waals surface area contributed by atoms with Gasteiger partial charge in [0.2, 0.25) is 0 Å². The zero-order valence-corrected chi connectivity index (χ0v) is 79.8. The standard InChI is InChI=1S/C45H59F3O9Si2.C24H38O8Si.C21H23Br2F3OSi/c1-43(2,3)59(34-20-13-11-14-21-34,35-22-15-12-16-23-35)57-39(45(46,47)48)26-18-24-36(49)41-37(55-44(4,5)56-41)25-17-19-32-29-33(52-7)30-38(54-31-51-6)40(32)42(50)53-27-28-58(8,9)10;1-24(2)31-19(21(15-25)32-24)10-8-9-17-13-18(28-4)14-20(30-16-27-3)22(17)23(26)29-11-12-33(5,6)7;1-20(2,3)28(16-10-6-4-7-11-16,17-12-8-5-9-13-17)27-18(21(24,25)26)14-15-19(22)23/h11-17,19-23,29-30,36-37,39,41,49H,25-28,31H2,1-10H3;13-15,19,21H,8-12,16H2,1-7H3;4-13,15,18H,14H2,1-3H3/b19-17+;;/t36?,37-,39+,41+;19-,21+;18-/m001/s1.